The molecule has 2 N–H and O–H groups in total. The van der Waals surface area contributed by atoms with Crippen molar-refractivity contribution < 1.29 is 19.2 Å². The highest BCUT2D eigenvalue weighted by molar-refractivity contribution is 5.89. The second-order valence-electron chi connectivity index (χ2n) is 7.07. The Bertz CT molecular complexity index is 1010. The van der Waals surface area contributed by atoms with Crippen molar-refractivity contribution in [3.05, 3.63) is 59.9 Å². The molecule has 3 heterocycles. The minimum atomic E-state index is -0.760. The van der Waals surface area contributed by atoms with Gasteiger partial charge in [0.15, 0.2) is 5.82 Å². The van der Waals surface area contributed by atoms with Crippen LogP contribution in [0.2, 0.25) is 0 Å². The van der Waals surface area contributed by atoms with E-state index in [4.69, 9.17) is 9.26 Å². The lowest BCUT2D eigenvalue weighted by atomic mass is 10.1. The van der Waals surface area contributed by atoms with Gasteiger partial charge in [-0.2, -0.15) is 9.97 Å². The maximum Gasteiger partial charge on any atom is 0.416 e. The van der Waals surface area contributed by atoms with Gasteiger partial charge in [-0.15, -0.1) is 0 Å². The molecule has 0 unspecified atom stereocenters. The van der Waals surface area contributed by atoms with Crippen LogP contribution in [0.1, 0.15) is 37.2 Å². The Morgan fingerprint density at radius 1 is 1.23 bits per heavy atom. The molecule has 0 spiro atoms. The summed E-state index contributed by atoms with van der Waals surface area (Å²) in [5, 5.41) is 17.1. The van der Waals surface area contributed by atoms with Crippen molar-refractivity contribution in [3.8, 4) is 0 Å². The van der Waals surface area contributed by atoms with Crippen LogP contribution in [0.5, 0.6) is 0 Å². The number of cyclic esters (lactones) is 1. The Morgan fingerprint density at radius 2 is 2.03 bits per heavy atom. The molecule has 10 heteroatoms. The standard InChI is InChI=1S/C20H22N6O4/c1-12(18-24-17(30-25-18)10-14-6-4-3-5-7-14)22-19-21-9-8-16(23-19)26-15(13(2)27)11-29-20(26)28/h3-9,12-13,15,27H,10-11H2,1-2H3,(H,21,22,23)/t12-,13+,15+/m0/s1. The van der Waals surface area contributed by atoms with Gasteiger partial charge >= 0.3 is 6.09 Å². The van der Waals surface area contributed by atoms with Gasteiger partial charge in [0.1, 0.15) is 18.5 Å². The second-order valence-corrected chi connectivity index (χ2v) is 7.07. The van der Waals surface area contributed by atoms with Crippen LogP contribution < -0.4 is 10.2 Å². The quantitative estimate of drug-likeness (QED) is 0.603. The monoisotopic (exact) mass is 410 g/mol. The number of anilines is 2. The van der Waals surface area contributed by atoms with E-state index in [0.29, 0.717) is 29.9 Å². The van der Waals surface area contributed by atoms with Crippen molar-refractivity contribution in [1.82, 2.24) is 20.1 Å². The zero-order valence-corrected chi connectivity index (χ0v) is 16.6. The Labute approximate surface area is 172 Å². The molecule has 4 rings (SSSR count). The van der Waals surface area contributed by atoms with Crippen LogP contribution in [0.4, 0.5) is 16.6 Å². The average Bonchev–Trinajstić information content (AvgIpc) is 3.36. The van der Waals surface area contributed by atoms with E-state index in [2.05, 4.69) is 25.4 Å². The lowest BCUT2D eigenvalue weighted by molar-refractivity contribution is 0.142. The zero-order chi connectivity index (χ0) is 21.1. The number of rotatable bonds is 7. The number of nitrogens with zero attached hydrogens (tertiary/aromatic N) is 5. The van der Waals surface area contributed by atoms with E-state index in [1.165, 1.54) is 11.1 Å². The maximum atomic E-state index is 12.1. The van der Waals surface area contributed by atoms with E-state index >= 15 is 0 Å². The van der Waals surface area contributed by atoms with E-state index in [-0.39, 0.29) is 12.6 Å². The first kappa shape index (κ1) is 19.8. The summed E-state index contributed by atoms with van der Waals surface area (Å²) in [4.78, 5) is 26.4. The number of aliphatic hydroxyl groups is 1. The van der Waals surface area contributed by atoms with E-state index in [0.717, 1.165) is 5.56 Å². The molecule has 156 valence electrons. The third-order valence-corrected chi connectivity index (χ3v) is 4.77. The number of hydrogen-bond acceptors (Lipinski definition) is 9. The molecule has 1 aliphatic rings. The van der Waals surface area contributed by atoms with E-state index < -0.39 is 18.2 Å². The summed E-state index contributed by atoms with van der Waals surface area (Å²) in [6.07, 6.45) is 0.759. The molecule has 1 fully saturated rings. The minimum Gasteiger partial charge on any atom is -0.447 e. The van der Waals surface area contributed by atoms with Gasteiger partial charge in [0.2, 0.25) is 11.8 Å². The number of nitrogens with one attached hydrogen (secondary N) is 1. The third-order valence-electron chi connectivity index (χ3n) is 4.77. The topological polar surface area (TPSA) is 127 Å². The molecule has 30 heavy (non-hydrogen) atoms. The number of carbonyl (C=O) groups excluding carboxylic acids is 1. The normalized spacial score (nSPS) is 18.2. The van der Waals surface area contributed by atoms with Gasteiger partial charge in [-0.05, 0) is 25.5 Å². The lowest BCUT2D eigenvalue weighted by Crippen LogP contribution is -2.41. The molecule has 2 aromatic heterocycles. The summed E-state index contributed by atoms with van der Waals surface area (Å²) in [6.45, 7) is 3.56. The first-order valence-corrected chi connectivity index (χ1v) is 9.61. The smallest absolute Gasteiger partial charge is 0.416 e. The van der Waals surface area contributed by atoms with Crippen molar-refractivity contribution in [3.63, 3.8) is 0 Å². The summed E-state index contributed by atoms with van der Waals surface area (Å²) in [5.41, 5.74) is 1.08. The van der Waals surface area contributed by atoms with E-state index in [1.807, 2.05) is 37.3 Å². The first-order chi connectivity index (χ1) is 14.5. The number of amides is 1. The zero-order valence-electron chi connectivity index (χ0n) is 16.6. The van der Waals surface area contributed by atoms with Crippen LogP contribution in [0.3, 0.4) is 0 Å². The van der Waals surface area contributed by atoms with E-state index in [9.17, 15) is 9.90 Å². The van der Waals surface area contributed by atoms with Crippen molar-refractivity contribution in [2.24, 2.45) is 0 Å². The molecule has 10 nitrogen and oxygen atoms in total. The second kappa shape index (κ2) is 8.46. The van der Waals surface area contributed by atoms with Crippen molar-refractivity contribution >= 4 is 17.9 Å². The Hall–Kier alpha value is -3.53. The van der Waals surface area contributed by atoms with Gasteiger partial charge in [0.05, 0.1) is 18.6 Å². The van der Waals surface area contributed by atoms with Gasteiger partial charge < -0.3 is 19.7 Å². The SMILES string of the molecule is C[C@H](Nc1nccc(N2C(=O)OC[C@@H]2[C@@H](C)O)n1)c1noc(Cc2ccccc2)n1. The molecule has 3 aromatic rings. The van der Waals surface area contributed by atoms with Crippen LogP contribution in [-0.2, 0) is 11.2 Å². The van der Waals surface area contributed by atoms with Crippen molar-refractivity contribution in [1.29, 1.82) is 0 Å². The molecular weight excluding hydrogens is 388 g/mol. The van der Waals surface area contributed by atoms with Crippen LogP contribution in [0.25, 0.3) is 0 Å². The fourth-order valence-corrected chi connectivity index (χ4v) is 3.15. The molecule has 1 aliphatic heterocycles. The van der Waals surface area contributed by atoms with Crippen molar-refractivity contribution in [2.45, 2.75) is 38.5 Å². The maximum absolute atomic E-state index is 12.1. The summed E-state index contributed by atoms with van der Waals surface area (Å²) < 4.78 is 10.4. The number of benzene rings is 1. The van der Waals surface area contributed by atoms with Crippen molar-refractivity contribution in [2.75, 3.05) is 16.8 Å². The fourth-order valence-electron chi connectivity index (χ4n) is 3.15. The number of carbonyl (C=O) groups is 1. The number of ether oxygens (including phenoxy) is 1. The highest BCUT2D eigenvalue weighted by Gasteiger charge is 2.38. The largest absolute Gasteiger partial charge is 0.447 e. The summed E-state index contributed by atoms with van der Waals surface area (Å²) in [5.74, 6) is 1.61. The Balaban J connectivity index is 1.46. The van der Waals surface area contributed by atoms with Crippen LogP contribution in [0.15, 0.2) is 47.1 Å². The summed E-state index contributed by atoms with van der Waals surface area (Å²) in [7, 11) is 0. The predicted octanol–water partition coefficient (Wildman–Crippen LogP) is 2.33. The minimum absolute atomic E-state index is 0.104. The van der Waals surface area contributed by atoms with Crippen LogP contribution in [0, 0.1) is 0 Å². The molecule has 3 atom stereocenters. The molecule has 0 aliphatic carbocycles. The molecular formula is C20H22N6O4. The van der Waals surface area contributed by atoms with Gasteiger partial charge in [0, 0.05) is 6.20 Å². The highest BCUT2D eigenvalue weighted by Crippen LogP contribution is 2.24. The molecule has 0 radical (unpaired) electrons. The molecule has 0 saturated carbocycles. The first-order valence-electron chi connectivity index (χ1n) is 9.61. The molecule has 1 amide bonds. The molecule has 1 saturated heterocycles. The Kier molecular flexibility index (Phi) is 5.57. The van der Waals surface area contributed by atoms with E-state index in [1.54, 1.807) is 13.0 Å². The van der Waals surface area contributed by atoms with Gasteiger partial charge in [0.25, 0.3) is 0 Å². The summed E-state index contributed by atoms with van der Waals surface area (Å²) >= 11 is 0. The van der Waals surface area contributed by atoms with Gasteiger partial charge in [-0.25, -0.2) is 9.78 Å². The number of aromatic nitrogens is 4. The molecule has 1 aromatic carbocycles. The van der Waals surface area contributed by atoms with Gasteiger partial charge in [-0.3, -0.25) is 4.90 Å². The highest BCUT2D eigenvalue weighted by atomic mass is 16.6. The predicted molar refractivity (Wildman–Crippen MR) is 107 cm³/mol. The number of hydrogen-bond donors (Lipinski definition) is 2. The average molecular weight is 410 g/mol. The number of aliphatic hydroxyl groups excluding tert-OH is 1. The fraction of sp³-hybridized carbons (Fsp3) is 0.350. The lowest BCUT2D eigenvalue weighted by Gasteiger charge is -2.22. The van der Waals surface area contributed by atoms with Crippen LogP contribution >= 0.6 is 0 Å². The summed E-state index contributed by atoms with van der Waals surface area (Å²) in [6, 6.07) is 10.6. The van der Waals surface area contributed by atoms with Gasteiger partial charge in [-0.1, -0.05) is 35.5 Å². The van der Waals surface area contributed by atoms with Crippen LogP contribution in [-0.4, -0.2) is 50.1 Å². The Morgan fingerprint density at radius 3 is 2.80 bits per heavy atom. The molecule has 0 bridgehead atoms. The third kappa shape index (κ3) is 4.23.